The third-order valence-electron chi connectivity index (χ3n) is 6.33. The second kappa shape index (κ2) is 10.5. The number of carbonyl (C=O) groups is 1. The van der Waals surface area contributed by atoms with Crippen LogP contribution in [-0.4, -0.2) is 54.2 Å². The molecule has 1 N–H and O–H groups in total. The summed E-state index contributed by atoms with van der Waals surface area (Å²) >= 11 is 0. The van der Waals surface area contributed by atoms with E-state index in [0.717, 1.165) is 16.5 Å². The number of nitrogens with one attached hydrogen (secondary N) is 1. The van der Waals surface area contributed by atoms with E-state index in [0.29, 0.717) is 52.9 Å². The third-order valence-corrected chi connectivity index (χ3v) is 6.33. The maximum Gasteiger partial charge on any atom is 0.246 e. The van der Waals surface area contributed by atoms with Gasteiger partial charge in [0.25, 0.3) is 0 Å². The average Bonchev–Trinajstić information content (AvgIpc) is 2.94. The molecule has 9 nitrogen and oxygen atoms in total. The lowest BCUT2D eigenvalue weighted by Gasteiger charge is -2.38. The van der Waals surface area contributed by atoms with Gasteiger partial charge in [-0.05, 0) is 47.5 Å². The molecule has 0 bridgehead atoms. The lowest BCUT2D eigenvalue weighted by atomic mass is 10.0. The molecule has 1 aliphatic rings. The standard InChI is InChI=1S/C29H25N5O4/c1-4-28(35)34-15-21(16-34)38-27-12-22-23(13-26(27)37-3)31-17-32-29(22)33-24-11-20(8-9-25(24)36-2)19-7-5-6-18(10-19)14-30/h4-13,17,21H,1,15-16H2,2-3H3,(H,31,32,33). The Hall–Kier alpha value is -5.10. The molecule has 1 fully saturated rings. The highest BCUT2D eigenvalue weighted by Crippen LogP contribution is 2.38. The molecule has 1 aliphatic heterocycles. The summed E-state index contributed by atoms with van der Waals surface area (Å²) in [6.45, 7) is 4.47. The summed E-state index contributed by atoms with van der Waals surface area (Å²) in [6.07, 6.45) is 2.61. The monoisotopic (exact) mass is 507 g/mol. The summed E-state index contributed by atoms with van der Waals surface area (Å²) in [4.78, 5) is 22.3. The van der Waals surface area contributed by atoms with E-state index in [9.17, 15) is 10.1 Å². The Morgan fingerprint density at radius 1 is 1.05 bits per heavy atom. The van der Waals surface area contributed by atoms with Crippen LogP contribution in [0.25, 0.3) is 22.0 Å². The lowest BCUT2D eigenvalue weighted by Crippen LogP contribution is -2.55. The molecule has 0 atom stereocenters. The number of nitrogens with zero attached hydrogens (tertiary/aromatic N) is 4. The number of methoxy groups -OCH3 is 2. The largest absolute Gasteiger partial charge is 0.495 e. The Morgan fingerprint density at radius 3 is 2.58 bits per heavy atom. The Kier molecular flexibility index (Phi) is 6.78. The van der Waals surface area contributed by atoms with Crippen LogP contribution in [0.15, 0.2) is 73.6 Å². The van der Waals surface area contributed by atoms with Crippen molar-refractivity contribution in [2.24, 2.45) is 0 Å². The van der Waals surface area contributed by atoms with Crippen molar-refractivity contribution in [3.05, 3.63) is 79.1 Å². The molecule has 0 radical (unpaired) electrons. The summed E-state index contributed by atoms with van der Waals surface area (Å²) in [7, 11) is 3.17. The number of fused-ring (bicyclic) bond motifs is 1. The van der Waals surface area contributed by atoms with E-state index in [1.807, 2.05) is 42.5 Å². The molecule has 1 saturated heterocycles. The van der Waals surface area contributed by atoms with Crippen LogP contribution in [0.4, 0.5) is 11.5 Å². The molecule has 0 aliphatic carbocycles. The van der Waals surface area contributed by atoms with Crippen molar-refractivity contribution in [1.29, 1.82) is 5.26 Å². The zero-order valence-electron chi connectivity index (χ0n) is 21.0. The van der Waals surface area contributed by atoms with Crippen LogP contribution < -0.4 is 19.5 Å². The van der Waals surface area contributed by atoms with E-state index in [4.69, 9.17) is 14.2 Å². The van der Waals surface area contributed by atoms with Crippen LogP contribution in [0.2, 0.25) is 0 Å². The zero-order chi connectivity index (χ0) is 26.6. The first-order valence-corrected chi connectivity index (χ1v) is 11.9. The van der Waals surface area contributed by atoms with Crippen molar-refractivity contribution >= 4 is 28.3 Å². The van der Waals surface area contributed by atoms with E-state index < -0.39 is 0 Å². The number of anilines is 2. The summed E-state index contributed by atoms with van der Waals surface area (Å²) in [5.41, 5.74) is 3.77. The minimum atomic E-state index is -0.160. The zero-order valence-corrected chi connectivity index (χ0v) is 21.0. The molecule has 0 spiro atoms. The number of nitriles is 1. The summed E-state index contributed by atoms with van der Waals surface area (Å²) in [5.74, 6) is 2.13. The van der Waals surface area contributed by atoms with Crippen molar-refractivity contribution < 1.29 is 19.0 Å². The Morgan fingerprint density at radius 2 is 1.84 bits per heavy atom. The smallest absolute Gasteiger partial charge is 0.246 e. The third kappa shape index (κ3) is 4.80. The van der Waals surface area contributed by atoms with Gasteiger partial charge in [-0.15, -0.1) is 0 Å². The highest BCUT2D eigenvalue weighted by atomic mass is 16.5. The van der Waals surface area contributed by atoms with Gasteiger partial charge in [0, 0.05) is 11.5 Å². The first kappa shape index (κ1) is 24.6. The van der Waals surface area contributed by atoms with Gasteiger partial charge in [0.05, 0.1) is 50.1 Å². The van der Waals surface area contributed by atoms with Crippen molar-refractivity contribution in [2.75, 3.05) is 32.6 Å². The molecular weight excluding hydrogens is 482 g/mol. The number of aromatic nitrogens is 2. The Balaban J connectivity index is 1.48. The van der Waals surface area contributed by atoms with Gasteiger partial charge in [0.15, 0.2) is 11.5 Å². The van der Waals surface area contributed by atoms with Gasteiger partial charge in [-0.2, -0.15) is 5.26 Å². The van der Waals surface area contributed by atoms with E-state index >= 15 is 0 Å². The Labute approximate surface area is 219 Å². The number of hydrogen-bond acceptors (Lipinski definition) is 8. The number of carbonyl (C=O) groups excluding carboxylic acids is 1. The van der Waals surface area contributed by atoms with Gasteiger partial charge < -0.3 is 24.4 Å². The van der Waals surface area contributed by atoms with E-state index in [1.54, 1.807) is 31.3 Å². The molecule has 38 heavy (non-hydrogen) atoms. The first-order chi connectivity index (χ1) is 18.5. The van der Waals surface area contributed by atoms with Crippen LogP contribution in [0, 0.1) is 11.3 Å². The van der Waals surface area contributed by atoms with Gasteiger partial charge in [-0.1, -0.05) is 24.8 Å². The molecule has 2 heterocycles. The van der Waals surface area contributed by atoms with E-state index in [-0.39, 0.29) is 12.0 Å². The first-order valence-electron chi connectivity index (χ1n) is 11.9. The molecule has 190 valence electrons. The summed E-state index contributed by atoms with van der Waals surface area (Å²) < 4.78 is 17.3. The number of hydrogen-bond donors (Lipinski definition) is 1. The molecule has 3 aromatic carbocycles. The number of ether oxygens (including phenoxy) is 3. The number of benzene rings is 3. The van der Waals surface area contributed by atoms with E-state index in [1.165, 1.54) is 12.4 Å². The normalized spacial score (nSPS) is 12.8. The summed E-state index contributed by atoms with van der Waals surface area (Å²) in [5, 5.41) is 13.4. The minimum absolute atomic E-state index is 0.120. The fourth-order valence-electron chi connectivity index (χ4n) is 4.30. The van der Waals surface area contributed by atoms with Gasteiger partial charge in [0.1, 0.15) is 24.0 Å². The number of rotatable bonds is 8. The van der Waals surface area contributed by atoms with Crippen molar-refractivity contribution in [1.82, 2.24) is 14.9 Å². The molecule has 9 heteroatoms. The second-order valence-corrected chi connectivity index (χ2v) is 8.66. The fourth-order valence-corrected chi connectivity index (χ4v) is 4.30. The SMILES string of the molecule is C=CC(=O)N1CC(Oc2cc3c(Nc4cc(-c5cccc(C#N)c5)ccc4OC)ncnc3cc2OC)C1. The predicted octanol–water partition coefficient (Wildman–Crippen LogP) is 4.70. The van der Waals surface area contributed by atoms with Crippen LogP contribution in [0.5, 0.6) is 17.2 Å². The van der Waals surface area contributed by atoms with Gasteiger partial charge in [-0.3, -0.25) is 4.79 Å². The number of likely N-dealkylation sites (tertiary alicyclic amines) is 1. The summed E-state index contributed by atoms with van der Waals surface area (Å²) in [6, 6.07) is 19.0. The fraction of sp³-hybridized carbons (Fsp3) is 0.172. The molecule has 1 aromatic heterocycles. The second-order valence-electron chi connectivity index (χ2n) is 8.66. The predicted molar refractivity (Wildman–Crippen MR) is 144 cm³/mol. The van der Waals surface area contributed by atoms with Crippen molar-refractivity contribution in [3.8, 4) is 34.4 Å². The molecule has 0 saturated carbocycles. The number of amides is 1. The highest BCUT2D eigenvalue weighted by Gasteiger charge is 2.31. The van der Waals surface area contributed by atoms with Crippen LogP contribution in [0.3, 0.4) is 0 Å². The maximum atomic E-state index is 11.8. The van der Waals surface area contributed by atoms with Gasteiger partial charge in [-0.25, -0.2) is 9.97 Å². The minimum Gasteiger partial charge on any atom is -0.495 e. The van der Waals surface area contributed by atoms with Crippen molar-refractivity contribution in [3.63, 3.8) is 0 Å². The van der Waals surface area contributed by atoms with Gasteiger partial charge >= 0.3 is 0 Å². The quantitative estimate of drug-likeness (QED) is 0.342. The maximum absolute atomic E-state index is 11.8. The van der Waals surface area contributed by atoms with Crippen molar-refractivity contribution in [2.45, 2.75) is 6.10 Å². The molecule has 4 aromatic rings. The lowest BCUT2D eigenvalue weighted by molar-refractivity contribution is -0.134. The molecule has 5 rings (SSSR count). The molecular formula is C29H25N5O4. The van der Waals surface area contributed by atoms with Crippen LogP contribution in [-0.2, 0) is 4.79 Å². The van der Waals surface area contributed by atoms with Crippen LogP contribution in [0.1, 0.15) is 5.56 Å². The molecule has 0 unspecified atom stereocenters. The Bertz CT molecular complexity index is 1570. The van der Waals surface area contributed by atoms with E-state index in [2.05, 4.69) is 27.9 Å². The average molecular weight is 508 g/mol. The van der Waals surface area contributed by atoms with Crippen LogP contribution >= 0.6 is 0 Å². The topological polar surface area (TPSA) is 110 Å². The highest BCUT2D eigenvalue weighted by molar-refractivity contribution is 5.94. The van der Waals surface area contributed by atoms with Gasteiger partial charge in [0.2, 0.25) is 5.91 Å². The molecule has 1 amide bonds.